The number of rotatable bonds is 5. The van der Waals surface area contributed by atoms with Gasteiger partial charge in [0.05, 0.1) is 6.04 Å². The van der Waals surface area contributed by atoms with Gasteiger partial charge in [0.2, 0.25) is 0 Å². The number of halogens is 3. The third kappa shape index (κ3) is 5.62. The van der Waals surface area contributed by atoms with Crippen LogP contribution in [-0.2, 0) is 13.0 Å². The zero-order chi connectivity index (χ0) is 23.4. The van der Waals surface area contributed by atoms with E-state index in [2.05, 4.69) is 16.0 Å². The molecule has 3 N–H and O–H groups in total. The van der Waals surface area contributed by atoms with Gasteiger partial charge in [-0.1, -0.05) is 12.1 Å². The van der Waals surface area contributed by atoms with Crippen LogP contribution in [0.15, 0.2) is 60.7 Å². The van der Waals surface area contributed by atoms with Gasteiger partial charge in [0, 0.05) is 29.4 Å². The highest BCUT2D eigenvalue weighted by atomic mass is 19.1. The van der Waals surface area contributed by atoms with Gasteiger partial charge >= 0.3 is 6.03 Å². The van der Waals surface area contributed by atoms with Crippen LogP contribution in [0.3, 0.4) is 0 Å². The smallest absolute Gasteiger partial charge is 0.315 e. The van der Waals surface area contributed by atoms with Crippen molar-refractivity contribution in [3.63, 3.8) is 0 Å². The maximum Gasteiger partial charge on any atom is 0.315 e. The van der Waals surface area contributed by atoms with E-state index in [0.29, 0.717) is 16.8 Å². The molecule has 0 aliphatic carbocycles. The molecule has 0 bridgehead atoms. The van der Waals surface area contributed by atoms with Gasteiger partial charge in [0.1, 0.15) is 18.2 Å². The molecule has 0 aromatic heterocycles. The number of nitrogens with one attached hydrogen (secondary N) is 3. The number of ether oxygens (including phenoxy) is 1. The van der Waals surface area contributed by atoms with E-state index in [-0.39, 0.29) is 31.2 Å². The van der Waals surface area contributed by atoms with Crippen molar-refractivity contribution in [3.05, 3.63) is 94.8 Å². The molecule has 9 heteroatoms. The van der Waals surface area contributed by atoms with Crippen LogP contribution >= 0.6 is 0 Å². The molecule has 1 unspecified atom stereocenters. The molecule has 3 aromatic rings. The summed E-state index contributed by atoms with van der Waals surface area (Å²) >= 11 is 0. The van der Waals surface area contributed by atoms with Crippen LogP contribution in [0.4, 0.5) is 23.7 Å². The Balaban J connectivity index is 1.26. The van der Waals surface area contributed by atoms with Crippen molar-refractivity contribution in [2.75, 3.05) is 11.9 Å². The molecule has 0 fully saturated rings. The highest BCUT2D eigenvalue weighted by molar-refractivity contribution is 6.04. The van der Waals surface area contributed by atoms with Gasteiger partial charge in [0.25, 0.3) is 5.91 Å². The lowest BCUT2D eigenvalue weighted by molar-refractivity contribution is 0.102. The first-order chi connectivity index (χ1) is 15.9. The standard InChI is InChI=1S/C24H20F3N3O3/c25-17-5-7-19(8-6-17)29-23(31)15-3-1-14(2-4-15)12-28-24(32)30-20-10-16-9-18(26)11-21(27)22(16)33-13-20/h1-9,11,20H,10,12-13H2,(H,29,31)(H2,28,30,32). The minimum atomic E-state index is -0.761. The van der Waals surface area contributed by atoms with Gasteiger partial charge in [-0.25, -0.2) is 18.0 Å². The first-order valence-corrected chi connectivity index (χ1v) is 10.2. The Bertz CT molecular complexity index is 1170. The number of hydrogen-bond donors (Lipinski definition) is 3. The second kappa shape index (κ2) is 9.64. The van der Waals surface area contributed by atoms with Crippen molar-refractivity contribution in [2.24, 2.45) is 0 Å². The lowest BCUT2D eigenvalue weighted by Gasteiger charge is -2.26. The molecule has 1 aliphatic heterocycles. The number of fused-ring (bicyclic) bond motifs is 1. The summed E-state index contributed by atoms with van der Waals surface area (Å²) in [5, 5.41) is 8.09. The zero-order valence-electron chi connectivity index (χ0n) is 17.3. The maximum absolute atomic E-state index is 13.7. The minimum absolute atomic E-state index is 0.0124. The summed E-state index contributed by atoms with van der Waals surface area (Å²) in [7, 11) is 0. The summed E-state index contributed by atoms with van der Waals surface area (Å²) in [5.41, 5.74) is 2.00. The van der Waals surface area contributed by atoms with Gasteiger partial charge < -0.3 is 20.7 Å². The Morgan fingerprint density at radius 1 is 0.939 bits per heavy atom. The molecule has 1 aliphatic rings. The normalized spacial score (nSPS) is 14.6. The number of anilines is 1. The van der Waals surface area contributed by atoms with Crippen LogP contribution in [0, 0.1) is 17.5 Å². The van der Waals surface area contributed by atoms with E-state index < -0.39 is 29.5 Å². The summed E-state index contributed by atoms with van der Waals surface area (Å²) < 4.78 is 45.4. The third-order valence-corrected chi connectivity index (χ3v) is 5.09. The number of amides is 3. The Morgan fingerprint density at radius 3 is 2.39 bits per heavy atom. The van der Waals surface area contributed by atoms with Crippen LogP contribution in [0.2, 0.25) is 0 Å². The van der Waals surface area contributed by atoms with Crippen molar-refractivity contribution in [1.82, 2.24) is 10.6 Å². The summed E-state index contributed by atoms with van der Waals surface area (Å²) in [6.45, 7) is 0.278. The Morgan fingerprint density at radius 2 is 1.67 bits per heavy atom. The molecule has 1 heterocycles. The van der Waals surface area contributed by atoms with Crippen molar-refractivity contribution in [2.45, 2.75) is 19.0 Å². The van der Waals surface area contributed by atoms with E-state index in [1.807, 2.05) is 0 Å². The minimum Gasteiger partial charge on any atom is -0.488 e. The number of hydrogen-bond acceptors (Lipinski definition) is 3. The fourth-order valence-corrected chi connectivity index (χ4v) is 3.46. The van der Waals surface area contributed by atoms with Crippen molar-refractivity contribution in [3.8, 4) is 5.75 Å². The highest BCUT2D eigenvalue weighted by Gasteiger charge is 2.24. The molecule has 0 spiro atoms. The number of benzene rings is 3. The Hall–Kier alpha value is -4.01. The molecule has 1 atom stereocenters. The summed E-state index contributed by atoms with van der Waals surface area (Å²) in [5.74, 6) is -2.18. The van der Waals surface area contributed by atoms with E-state index in [0.717, 1.165) is 11.6 Å². The van der Waals surface area contributed by atoms with Gasteiger partial charge in [-0.2, -0.15) is 0 Å². The van der Waals surface area contributed by atoms with E-state index in [9.17, 15) is 22.8 Å². The van der Waals surface area contributed by atoms with E-state index >= 15 is 0 Å². The largest absolute Gasteiger partial charge is 0.488 e. The average molecular weight is 455 g/mol. The molecule has 0 saturated carbocycles. The van der Waals surface area contributed by atoms with Gasteiger partial charge in [-0.05, 0) is 54.4 Å². The molecular weight excluding hydrogens is 435 g/mol. The predicted octanol–water partition coefficient (Wildman–Crippen LogP) is 4.16. The lowest BCUT2D eigenvalue weighted by Crippen LogP contribution is -2.47. The topological polar surface area (TPSA) is 79.5 Å². The molecular formula is C24H20F3N3O3. The molecule has 6 nitrogen and oxygen atoms in total. The fraction of sp³-hybridized carbons (Fsp3) is 0.167. The van der Waals surface area contributed by atoms with Gasteiger partial charge in [-0.15, -0.1) is 0 Å². The first-order valence-electron chi connectivity index (χ1n) is 10.2. The number of urea groups is 1. The lowest BCUT2D eigenvalue weighted by atomic mass is 10.0. The van der Waals surface area contributed by atoms with E-state index in [1.165, 1.54) is 30.3 Å². The summed E-state index contributed by atoms with van der Waals surface area (Å²) in [6, 6.07) is 13.1. The average Bonchev–Trinajstić information content (AvgIpc) is 2.79. The fourth-order valence-electron chi connectivity index (χ4n) is 3.46. The van der Waals surface area contributed by atoms with Crippen molar-refractivity contribution in [1.29, 1.82) is 0 Å². The SMILES string of the molecule is O=C(NCc1ccc(C(=O)Nc2ccc(F)cc2)cc1)NC1COc2c(F)cc(F)cc2C1. The highest BCUT2D eigenvalue weighted by Crippen LogP contribution is 2.29. The quantitative estimate of drug-likeness (QED) is 0.541. The molecule has 4 rings (SSSR count). The van der Waals surface area contributed by atoms with Crippen LogP contribution < -0.4 is 20.7 Å². The monoisotopic (exact) mass is 455 g/mol. The Kier molecular flexibility index (Phi) is 6.48. The van der Waals surface area contributed by atoms with E-state index in [1.54, 1.807) is 24.3 Å². The summed E-state index contributed by atoms with van der Waals surface area (Å²) in [6.07, 6.45) is 0.245. The van der Waals surface area contributed by atoms with Crippen LogP contribution in [0.1, 0.15) is 21.5 Å². The Labute approximate surface area is 187 Å². The molecule has 3 amide bonds. The molecule has 0 radical (unpaired) electrons. The number of carbonyl (C=O) groups is 2. The number of carbonyl (C=O) groups excluding carboxylic acids is 2. The molecule has 3 aromatic carbocycles. The molecule has 0 saturated heterocycles. The summed E-state index contributed by atoms with van der Waals surface area (Å²) in [4.78, 5) is 24.5. The zero-order valence-corrected chi connectivity index (χ0v) is 17.3. The van der Waals surface area contributed by atoms with Crippen molar-refractivity contribution < 1.29 is 27.5 Å². The predicted molar refractivity (Wildman–Crippen MR) is 116 cm³/mol. The second-order valence-electron chi connectivity index (χ2n) is 7.57. The van der Waals surface area contributed by atoms with Crippen molar-refractivity contribution >= 4 is 17.6 Å². The molecule has 170 valence electrons. The maximum atomic E-state index is 13.7. The third-order valence-electron chi connectivity index (χ3n) is 5.09. The van der Waals surface area contributed by atoms with Crippen LogP contribution in [0.25, 0.3) is 0 Å². The first kappa shape index (κ1) is 22.2. The van der Waals surface area contributed by atoms with Crippen LogP contribution in [-0.4, -0.2) is 24.6 Å². The van der Waals surface area contributed by atoms with Crippen LogP contribution in [0.5, 0.6) is 5.75 Å². The van der Waals surface area contributed by atoms with E-state index in [4.69, 9.17) is 4.74 Å². The van der Waals surface area contributed by atoms with Gasteiger partial charge in [-0.3, -0.25) is 4.79 Å². The van der Waals surface area contributed by atoms with Gasteiger partial charge in [0.15, 0.2) is 11.6 Å². The second-order valence-corrected chi connectivity index (χ2v) is 7.57. The molecule has 33 heavy (non-hydrogen) atoms.